The lowest BCUT2D eigenvalue weighted by molar-refractivity contribution is -0.117. The van der Waals surface area contributed by atoms with Gasteiger partial charge in [0.05, 0.1) is 23.9 Å². The van der Waals surface area contributed by atoms with Gasteiger partial charge in [-0.15, -0.1) is 0 Å². The fraction of sp³-hybridized carbons (Fsp3) is 0.167. The molecule has 0 aliphatic carbocycles. The molecular weight excluding hydrogens is 440 g/mol. The summed E-state index contributed by atoms with van der Waals surface area (Å²) in [5.74, 6) is -0.0908. The van der Waals surface area contributed by atoms with Crippen molar-refractivity contribution in [2.75, 3.05) is 12.4 Å². The van der Waals surface area contributed by atoms with Gasteiger partial charge in [0.2, 0.25) is 21.8 Å². The number of amides is 1. The van der Waals surface area contributed by atoms with Crippen molar-refractivity contribution in [2.45, 2.75) is 24.3 Å². The van der Waals surface area contributed by atoms with Crippen LogP contribution in [0.2, 0.25) is 0 Å². The number of aromatic amines is 1. The first-order valence-electron chi connectivity index (χ1n) is 10.3. The Morgan fingerprint density at radius 2 is 1.94 bits per heavy atom. The number of hydrogen-bond acceptors (Lipinski definition) is 5. The van der Waals surface area contributed by atoms with E-state index in [1.165, 1.54) is 19.4 Å². The van der Waals surface area contributed by atoms with Crippen molar-refractivity contribution in [3.63, 3.8) is 0 Å². The van der Waals surface area contributed by atoms with Crippen molar-refractivity contribution in [3.8, 4) is 5.88 Å². The number of carbonyl (C=O) groups is 1. The number of aromatic nitrogens is 2. The highest BCUT2D eigenvalue weighted by molar-refractivity contribution is 7.89. The molecule has 1 amide bonds. The molecule has 9 heteroatoms. The Bertz CT molecular complexity index is 1380. The molecule has 0 aliphatic heterocycles. The Morgan fingerprint density at radius 3 is 2.67 bits per heavy atom. The van der Waals surface area contributed by atoms with Crippen LogP contribution >= 0.6 is 0 Å². The lowest BCUT2D eigenvalue weighted by atomic mass is 10.1. The van der Waals surface area contributed by atoms with Crippen LogP contribution in [0.3, 0.4) is 0 Å². The third kappa shape index (κ3) is 5.21. The molecule has 4 aromatic rings. The molecule has 3 N–H and O–H groups in total. The maximum atomic E-state index is 13.2. The number of para-hydroxylation sites is 1. The molecule has 2 heterocycles. The Labute approximate surface area is 192 Å². The van der Waals surface area contributed by atoms with Crippen molar-refractivity contribution < 1.29 is 17.9 Å². The molecule has 0 spiro atoms. The summed E-state index contributed by atoms with van der Waals surface area (Å²) in [4.78, 5) is 20.5. The van der Waals surface area contributed by atoms with E-state index in [-0.39, 0.29) is 11.3 Å². The molecule has 2 aromatic heterocycles. The van der Waals surface area contributed by atoms with E-state index in [0.29, 0.717) is 11.6 Å². The molecule has 1 unspecified atom stereocenters. The van der Waals surface area contributed by atoms with E-state index in [4.69, 9.17) is 4.74 Å². The number of methoxy groups -OCH3 is 1. The highest BCUT2D eigenvalue weighted by Gasteiger charge is 2.27. The molecule has 8 nitrogen and oxygen atoms in total. The molecule has 0 bridgehead atoms. The number of fused-ring (bicyclic) bond motifs is 1. The normalized spacial score (nSPS) is 12.4. The van der Waals surface area contributed by atoms with Gasteiger partial charge in [-0.3, -0.25) is 4.79 Å². The Balaban J connectivity index is 1.64. The van der Waals surface area contributed by atoms with Crippen molar-refractivity contribution in [2.24, 2.45) is 0 Å². The summed E-state index contributed by atoms with van der Waals surface area (Å²) in [6, 6.07) is 16.4. The SMILES string of the molecule is COc1ccc(NC(=O)C(Cc2c[nH]c3ccccc23)NS(=O)(=O)c2cccc(C)c2)cn1. The van der Waals surface area contributed by atoms with E-state index in [2.05, 4.69) is 20.0 Å². The van der Waals surface area contributed by atoms with Crippen LogP contribution in [0.1, 0.15) is 11.1 Å². The monoisotopic (exact) mass is 464 g/mol. The number of benzene rings is 2. The van der Waals surface area contributed by atoms with Crippen LogP contribution in [0.15, 0.2) is 78.0 Å². The number of ether oxygens (including phenoxy) is 1. The second kappa shape index (κ2) is 9.43. The maximum Gasteiger partial charge on any atom is 0.242 e. The first kappa shape index (κ1) is 22.5. The number of nitrogens with zero attached hydrogens (tertiary/aromatic N) is 1. The summed E-state index contributed by atoms with van der Waals surface area (Å²) < 4.78 is 33.8. The average Bonchev–Trinajstić information content (AvgIpc) is 3.22. The average molecular weight is 465 g/mol. The summed E-state index contributed by atoms with van der Waals surface area (Å²) in [6.45, 7) is 1.81. The summed E-state index contributed by atoms with van der Waals surface area (Å²) >= 11 is 0. The predicted molar refractivity (Wildman–Crippen MR) is 127 cm³/mol. The number of hydrogen-bond donors (Lipinski definition) is 3. The number of rotatable bonds is 8. The van der Waals surface area contributed by atoms with E-state index >= 15 is 0 Å². The Morgan fingerprint density at radius 1 is 1.12 bits per heavy atom. The minimum atomic E-state index is -3.94. The van der Waals surface area contributed by atoms with Crippen LogP contribution in [0.4, 0.5) is 5.69 Å². The van der Waals surface area contributed by atoms with Gasteiger partial charge in [0.1, 0.15) is 6.04 Å². The largest absolute Gasteiger partial charge is 0.481 e. The van der Waals surface area contributed by atoms with Gasteiger partial charge in [0.25, 0.3) is 0 Å². The number of sulfonamides is 1. The minimum absolute atomic E-state index is 0.102. The molecule has 0 fully saturated rings. The van der Waals surface area contributed by atoms with Gasteiger partial charge in [-0.05, 0) is 48.7 Å². The lowest BCUT2D eigenvalue weighted by Crippen LogP contribution is -2.45. The zero-order chi connectivity index (χ0) is 23.4. The van der Waals surface area contributed by atoms with E-state index in [1.807, 2.05) is 37.3 Å². The second-order valence-corrected chi connectivity index (χ2v) is 9.35. The summed E-state index contributed by atoms with van der Waals surface area (Å²) in [5, 5.41) is 3.67. The molecular formula is C24H24N4O4S. The fourth-order valence-corrected chi connectivity index (χ4v) is 4.85. The number of aryl methyl sites for hydroxylation is 1. The summed E-state index contributed by atoms with van der Waals surface area (Å²) in [5.41, 5.74) is 2.97. The van der Waals surface area contributed by atoms with Gasteiger partial charge in [0, 0.05) is 23.2 Å². The number of pyridine rings is 1. The molecule has 2 aromatic carbocycles. The van der Waals surface area contributed by atoms with Crippen LogP contribution in [-0.4, -0.2) is 37.4 Å². The second-order valence-electron chi connectivity index (χ2n) is 7.63. The minimum Gasteiger partial charge on any atom is -0.481 e. The van der Waals surface area contributed by atoms with E-state index in [0.717, 1.165) is 22.0 Å². The topological polar surface area (TPSA) is 113 Å². The van der Waals surface area contributed by atoms with Gasteiger partial charge < -0.3 is 15.0 Å². The van der Waals surface area contributed by atoms with Crippen molar-refractivity contribution in [1.29, 1.82) is 0 Å². The first-order valence-corrected chi connectivity index (χ1v) is 11.8. The smallest absolute Gasteiger partial charge is 0.242 e. The quantitative estimate of drug-likeness (QED) is 0.370. The highest BCUT2D eigenvalue weighted by Crippen LogP contribution is 2.21. The standard InChI is InChI=1S/C24H24N4O4S/c1-16-6-5-7-19(12-16)33(30,31)28-22(13-17-14-25-21-9-4-3-8-20(17)21)24(29)27-18-10-11-23(32-2)26-15-18/h3-12,14-15,22,25,28H,13H2,1-2H3,(H,27,29). The summed E-state index contributed by atoms with van der Waals surface area (Å²) in [7, 11) is -2.45. The molecule has 33 heavy (non-hydrogen) atoms. The summed E-state index contributed by atoms with van der Waals surface area (Å²) in [6.07, 6.45) is 3.40. The fourth-order valence-electron chi connectivity index (χ4n) is 3.55. The van der Waals surface area contributed by atoms with Crippen molar-refractivity contribution in [3.05, 3.63) is 84.2 Å². The zero-order valence-electron chi connectivity index (χ0n) is 18.2. The van der Waals surface area contributed by atoms with Crippen LogP contribution in [-0.2, 0) is 21.2 Å². The van der Waals surface area contributed by atoms with Gasteiger partial charge in [-0.25, -0.2) is 13.4 Å². The van der Waals surface area contributed by atoms with Crippen LogP contribution < -0.4 is 14.8 Å². The van der Waals surface area contributed by atoms with Crippen molar-refractivity contribution >= 4 is 32.5 Å². The van der Waals surface area contributed by atoms with Gasteiger partial charge in [-0.2, -0.15) is 4.72 Å². The Kier molecular flexibility index (Phi) is 6.43. The number of anilines is 1. The molecule has 1 atom stereocenters. The maximum absolute atomic E-state index is 13.2. The zero-order valence-corrected chi connectivity index (χ0v) is 19.0. The lowest BCUT2D eigenvalue weighted by Gasteiger charge is -2.19. The Hall–Kier alpha value is -3.69. The first-order chi connectivity index (χ1) is 15.9. The molecule has 4 rings (SSSR count). The number of nitrogens with one attached hydrogen (secondary N) is 3. The van der Waals surface area contributed by atoms with Crippen LogP contribution in [0.5, 0.6) is 5.88 Å². The van der Waals surface area contributed by atoms with Gasteiger partial charge in [0.15, 0.2) is 0 Å². The molecule has 170 valence electrons. The molecule has 0 radical (unpaired) electrons. The molecule has 0 aliphatic rings. The number of H-pyrrole nitrogens is 1. The van der Waals surface area contributed by atoms with E-state index < -0.39 is 22.0 Å². The molecule has 0 saturated carbocycles. The third-order valence-electron chi connectivity index (χ3n) is 5.23. The highest BCUT2D eigenvalue weighted by atomic mass is 32.2. The van der Waals surface area contributed by atoms with Crippen molar-refractivity contribution in [1.82, 2.24) is 14.7 Å². The molecule has 0 saturated heterocycles. The van der Waals surface area contributed by atoms with E-state index in [9.17, 15) is 13.2 Å². The van der Waals surface area contributed by atoms with Crippen LogP contribution in [0.25, 0.3) is 10.9 Å². The predicted octanol–water partition coefficient (Wildman–Crippen LogP) is 3.41. The van der Waals surface area contributed by atoms with Crippen LogP contribution in [0, 0.1) is 6.92 Å². The van der Waals surface area contributed by atoms with E-state index in [1.54, 1.807) is 30.5 Å². The van der Waals surface area contributed by atoms with Gasteiger partial charge >= 0.3 is 0 Å². The van der Waals surface area contributed by atoms with Gasteiger partial charge in [-0.1, -0.05) is 30.3 Å². The number of carbonyl (C=O) groups excluding carboxylic acids is 1. The third-order valence-corrected chi connectivity index (χ3v) is 6.70.